The number of fused-ring (bicyclic) bond motifs is 2. The first-order valence-corrected chi connectivity index (χ1v) is 13.0. The molecule has 0 radical (unpaired) electrons. The van der Waals surface area contributed by atoms with Crippen LogP contribution in [0.3, 0.4) is 0 Å². The van der Waals surface area contributed by atoms with Crippen LogP contribution in [0.5, 0.6) is 11.5 Å². The van der Waals surface area contributed by atoms with Gasteiger partial charge in [-0.25, -0.2) is 9.97 Å². The van der Waals surface area contributed by atoms with Crippen molar-refractivity contribution in [2.75, 3.05) is 43.6 Å². The summed E-state index contributed by atoms with van der Waals surface area (Å²) in [4.78, 5) is 23.7. The van der Waals surface area contributed by atoms with Gasteiger partial charge < -0.3 is 24.4 Å². The molecule has 0 amide bonds. The van der Waals surface area contributed by atoms with E-state index in [9.17, 15) is 4.79 Å². The first-order valence-electron chi connectivity index (χ1n) is 13.0. The van der Waals surface area contributed by atoms with Crippen LogP contribution in [-0.2, 0) is 9.53 Å². The average Bonchev–Trinajstić information content (AvgIpc) is 3.65. The van der Waals surface area contributed by atoms with E-state index in [-0.39, 0.29) is 17.9 Å². The molecule has 8 heteroatoms. The molecular formula is C29H32N4O4. The normalized spacial score (nSPS) is 19.7. The second-order valence-corrected chi connectivity index (χ2v) is 10.0. The molecule has 3 aromatic rings. The summed E-state index contributed by atoms with van der Waals surface area (Å²) in [6.45, 7) is 7.19. The average molecular weight is 501 g/mol. The highest BCUT2D eigenvalue weighted by Crippen LogP contribution is 2.44. The zero-order valence-electron chi connectivity index (χ0n) is 21.5. The molecule has 2 aromatic carbocycles. The third-order valence-electron chi connectivity index (χ3n) is 7.61. The Balaban J connectivity index is 1.24. The topological polar surface area (TPSA) is 85.8 Å². The lowest BCUT2D eigenvalue weighted by Gasteiger charge is -2.19. The van der Waals surface area contributed by atoms with Gasteiger partial charge in [0, 0.05) is 53.0 Å². The predicted octanol–water partition coefficient (Wildman–Crippen LogP) is 4.95. The minimum atomic E-state index is -0.222. The standard InChI is InChI=1S/C29H32N4O4/c1-17-27(18(2)31-29(30-17)33-11-4-5-12-33)23-8-6-7-22-24(16-37-28(22)23)32-20-9-10-21-19(13-26(34)35-3)15-36-25(21)14-20/h6-10,14,19,24,32H,4-5,11-13,15-16H2,1-3H3. The van der Waals surface area contributed by atoms with E-state index in [2.05, 4.69) is 42.3 Å². The second kappa shape index (κ2) is 9.57. The monoisotopic (exact) mass is 500 g/mol. The Kier molecular flexibility index (Phi) is 6.10. The number of carbonyl (C=O) groups is 1. The number of anilines is 2. The third-order valence-corrected chi connectivity index (χ3v) is 7.61. The highest BCUT2D eigenvalue weighted by Gasteiger charge is 2.30. The Labute approximate surface area is 217 Å². The van der Waals surface area contributed by atoms with Crippen molar-refractivity contribution in [3.8, 4) is 22.6 Å². The van der Waals surface area contributed by atoms with Crippen molar-refractivity contribution in [1.29, 1.82) is 0 Å². The Bertz CT molecular complexity index is 1330. The molecule has 192 valence electrons. The van der Waals surface area contributed by atoms with Crippen molar-refractivity contribution in [2.24, 2.45) is 0 Å². The van der Waals surface area contributed by atoms with Gasteiger partial charge in [-0.3, -0.25) is 4.79 Å². The van der Waals surface area contributed by atoms with Gasteiger partial charge in [-0.1, -0.05) is 24.3 Å². The van der Waals surface area contributed by atoms with E-state index in [1.54, 1.807) is 0 Å². The minimum Gasteiger partial charge on any atom is -0.493 e. The van der Waals surface area contributed by atoms with Gasteiger partial charge in [0.1, 0.15) is 18.1 Å². The van der Waals surface area contributed by atoms with E-state index >= 15 is 0 Å². The van der Waals surface area contributed by atoms with Crippen LogP contribution in [0.1, 0.15) is 53.7 Å². The summed E-state index contributed by atoms with van der Waals surface area (Å²) in [6, 6.07) is 12.4. The van der Waals surface area contributed by atoms with Crippen molar-refractivity contribution in [2.45, 2.75) is 45.1 Å². The number of nitrogens with one attached hydrogen (secondary N) is 1. The number of para-hydroxylation sites is 1. The number of nitrogens with zero attached hydrogens (tertiary/aromatic N) is 3. The van der Waals surface area contributed by atoms with Crippen LogP contribution in [0, 0.1) is 13.8 Å². The number of rotatable bonds is 6. The van der Waals surface area contributed by atoms with Crippen LogP contribution in [0.4, 0.5) is 11.6 Å². The molecule has 1 saturated heterocycles. The van der Waals surface area contributed by atoms with E-state index in [0.717, 1.165) is 69.9 Å². The van der Waals surface area contributed by atoms with Crippen molar-refractivity contribution in [3.63, 3.8) is 0 Å². The van der Waals surface area contributed by atoms with Gasteiger partial charge in [0.2, 0.25) is 5.95 Å². The van der Waals surface area contributed by atoms with Gasteiger partial charge in [-0.05, 0) is 32.8 Å². The first kappa shape index (κ1) is 23.6. The number of ether oxygens (including phenoxy) is 3. The Morgan fingerprint density at radius 1 is 1.05 bits per heavy atom. The van der Waals surface area contributed by atoms with Gasteiger partial charge in [0.25, 0.3) is 0 Å². The maximum Gasteiger partial charge on any atom is 0.306 e. The number of esters is 1. The molecule has 4 heterocycles. The van der Waals surface area contributed by atoms with E-state index in [1.807, 2.05) is 18.2 Å². The van der Waals surface area contributed by atoms with Gasteiger partial charge in [-0.2, -0.15) is 0 Å². The lowest BCUT2D eigenvalue weighted by atomic mass is 9.96. The number of aromatic nitrogens is 2. The highest BCUT2D eigenvalue weighted by molar-refractivity contribution is 5.77. The maximum absolute atomic E-state index is 11.7. The van der Waals surface area contributed by atoms with Crippen LogP contribution in [0.15, 0.2) is 36.4 Å². The number of hydrogen-bond donors (Lipinski definition) is 1. The SMILES string of the molecule is COC(=O)CC1COc2cc(NC3COc4c(-c5c(C)nc(N6CCCC6)nc5C)cccc43)ccc21. The smallest absolute Gasteiger partial charge is 0.306 e. The van der Waals surface area contributed by atoms with Crippen LogP contribution >= 0.6 is 0 Å². The lowest BCUT2D eigenvalue weighted by Crippen LogP contribution is -2.21. The quantitative estimate of drug-likeness (QED) is 0.476. The van der Waals surface area contributed by atoms with Gasteiger partial charge in [0.05, 0.1) is 37.6 Å². The van der Waals surface area contributed by atoms with Crippen molar-refractivity contribution in [3.05, 3.63) is 58.9 Å². The van der Waals surface area contributed by atoms with Gasteiger partial charge in [0.15, 0.2) is 0 Å². The fourth-order valence-corrected chi connectivity index (χ4v) is 5.73. The molecule has 8 nitrogen and oxygen atoms in total. The van der Waals surface area contributed by atoms with Crippen LogP contribution < -0.4 is 19.7 Å². The molecule has 3 aliphatic rings. The molecule has 2 unspecified atom stereocenters. The number of aryl methyl sites for hydroxylation is 2. The number of methoxy groups -OCH3 is 1. The van der Waals surface area contributed by atoms with E-state index in [1.165, 1.54) is 20.0 Å². The molecule has 0 spiro atoms. The summed E-state index contributed by atoms with van der Waals surface area (Å²) in [5, 5.41) is 3.61. The van der Waals surface area contributed by atoms with Gasteiger partial charge in [-0.15, -0.1) is 0 Å². The third kappa shape index (κ3) is 4.34. The highest BCUT2D eigenvalue weighted by atomic mass is 16.5. The summed E-state index contributed by atoms with van der Waals surface area (Å²) < 4.78 is 17.0. The molecule has 6 rings (SSSR count). The largest absolute Gasteiger partial charge is 0.493 e. The fourth-order valence-electron chi connectivity index (χ4n) is 5.73. The molecule has 0 saturated carbocycles. The van der Waals surface area contributed by atoms with Crippen molar-refractivity contribution >= 4 is 17.6 Å². The Hall–Kier alpha value is -3.81. The molecule has 3 aliphatic heterocycles. The fraction of sp³-hybridized carbons (Fsp3) is 0.414. The second-order valence-electron chi connectivity index (χ2n) is 10.0. The van der Waals surface area contributed by atoms with Crippen LogP contribution in [-0.4, -0.2) is 49.4 Å². The summed E-state index contributed by atoms with van der Waals surface area (Å²) >= 11 is 0. The zero-order valence-corrected chi connectivity index (χ0v) is 21.5. The van der Waals surface area contributed by atoms with Crippen LogP contribution in [0.2, 0.25) is 0 Å². The number of benzene rings is 2. The maximum atomic E-state index is 11.7. The summed E-state index contributed by atoms with van der Waals surface area (Å²) in [6.07, 6.45) is 2.72. The lowest BCUT2D eigenvalue weighted by molar-refractivity contribution is -0.141. The molecule has 37 heavy (non-hydrogen) atoms. The van der Waals surface area contributed by atoms with E-state index in [0.29, 0.717) is 19.6 Å². The summed E-state index contributed by atoms with van der Waals surface area (Å²) in [5.41, 5.74) is 7.14. The molecule has 1 N–H and O–H groups in total. The van der Waals surface area contributed by atoms with Crippen molar-refractivity contribution < 1.29 is 19.0 Å². The molecule has 2 atom stereocenters. The molecule has 1 fully saturated rings. The molecule has 1 aromatic heterocycles. The molecule has 0 bridgehead atoms. The summed E-state index contributed by atoms with van der Waals surface area (Å²) in [7, 11) is 1.41. The number of hydrogen-bond acceptors (Lipinski definition) is 8. The van der Waals surface area contributed by atoms with E-state index in [4.69, 9.17) is 24.2 Å². The Morgan fingerprint density at radius 2 is 1.84 bits per heavy atom. The van der Waals surface area contributed by atoms with Crippen LogP contribution in [0.25, 0.3) is 11.1 Å². The number of carbonyl (C=O) groups excluding carboxylic acids is 1. The van der Waals surface area contributed by atoms with E-state index < -0.39 is 0 Å². The molecule has 0 aliphatic carbocycles. The Morgan fingerprint density at radius 3 is 2.59 bits per heavy atom. The molecular weight excluding hydrogens is 468 g/mol. The first-order chi connectivity index (χ1) is 18.0. The summed E-state index contributed by atoms with van der Waals surface area (Å²) in [5.74, 6) is 2.34. The van der Waals surface area contributed by atoms with Gasteiger partial charge >= 0.3 is 5.97 Å². The zero-order chi connectivity index (χ0) is 25.5. The minimum absolute atomic E-state index is 0.00525. The predicted molar refractivity (Wildman–Crippen MR) is 142 cm³/mol. The van der Waals surface area contributed by atoms with Crippen molar-refractivity contribution in [1.82, 2.24) is 9.97 Å².